The van der Waals surface area contributed by atoms with E-state index in [2.05, 4.69) is 28.3 Å². The van der Waals surface area contributed by atoms with Crippen LogP contribution in [0.2, 0.25) is 0 Å². The number of anilines is 2. The summed E-state index contributed by atoms with van der Waals surface area (Å²) in [5.41, 5.74) is 3.28. The van der Waals surface area contributed by atoms with E-state index < -0.39 is 15.8 Å². The van der Waals surface area contributed by atoms with Gasteiger partial charge in [0.15, 0.2) is 0 Å². The van der Waals surface area contributed by atoms with E-state index in [1.54, 1.807) is 19.2 Å². The topological polar surface area (TPSA) is 67.4 Å². The average molecular weight is 451 g/mol. The van der Waals surface area contributed by atoms with Crippen LogP contribution in [0.1, 0.15) is 29.5 Å². The highest BCUT2D eigenvalue weighted by molar-refractivity contribution is 7.92. The molecule has 0 bridgehead atoms. The number of halogens is 1. The summed E-state index contributed by atoms with van der Waals surface area (Å²) >= 11 is 0. The van der Waals surface area contributed by atoms with E-state index in [4.69, 9.17) is 4.74 Å². The molecule has 5 rings (SSSR count). The van der Waals surface area contributed by atoms with Gasteiger partial charge in [0.1, 0.15) is 11.6 Å². The van der Waals surface area contributed by atoms with Gasteiger partial charge in [-0.25, -0.2) is 12.8 Å². The van der Waals surface area contributed by atoms with Crippen molar-refractivity contribution >= 4 is 21.4 Å². The van der Waals surface area contributed by atoms with Gasteiger partial charge in [-0.15, -0.1) is 0 Å². The second-order valence-corrected chi connectivity index (χ2v) is 9.76. The Bertz CT molecular complexity index is 1290. The molecule has 0 saturated carbocycles. The SMILES string of the molecule is COc1ccccc1[C@H]1Nc2ccc(S(=O)(=O)Nc3ccc(F)cc3)cc2[C@H]2C=CC[C@H]21. The largest absolute Gasteiger partial charge is 0.496 e. The smallest absolute Gasteiger partial charge is 0.261 e. The van der Waals surface area contributed by atoms with E-state index in [1.165, 1.54) is 24.3 Å². The zero-order valence-corrected chi connectivity index (χ0v) is 18.3. The lowest BCUT2D eigenvalue weighted by Gasteiger charge is -2.38. The molecule has 1 heterocycles. The molecule has 2 N–H and O–H groups in total. The highest BCUT2D eigenvalue weighted by atomic mass is 32.2. The van der Waals surface area contributed by atoms with Crippen LogP contribution in [0, 0.1) is 11.7 Å². The highest BCUT2D eigenvalue weighted by Gasteiger charge is 2.39. The van der Waals surface area contributed by atoms with Crippen molar-refractivity contribution in [1.82, 2.24) is 0 Å². The zero-order chi connectivity index (χ0) is 22.3. The number of para-hydroxylation sites is 1. The molecule has 0 radical (unpaired) electrons. The lowest BCUT2D eigenvalue weighted by Crippen LogP contribution is -2.29. The summed E-state index contributed by atoms with van der Waals surface area (Å²) < 4.78 is 47.2. The van der Waals surface area contributed by atoms with Gasteiger partial charge in [0.25, 0.3) is 10.0 Å². The predicted molar refractivity (Wildman–Crippen MR) is 123 cm³/mol. The van der Waals surface area contributed by atoms with Gasteiger partial charge < -0.3 is 10.1 Å². The summed E-state index contributed by atoms with van der Waals surface area (Å²) in [6, 6.07) is 18.4. The quantitative estimate of drug-likeness (QED) is 0.507. The number of hydrogen-bond donors (Lipinski definition) is 2. The molecule has 7 heteroatoms. The molecule has 1 aliphatic heterocycles. The first-order valence-corrected chi connectivity index (χ1v) is 11.9. The summed E-state index contributed by atoms with van der Waals surface area (Å²) in [7, 11) is -2.14. The molecule has 0 amide bonds. The Morgan fingerprint density at radius 3 is 2.59 bits per heavy atom. The zero-order valence-electron chi connectivity index (χ0n) is 17.5. The molecule has 0 unspecified atom stereocenters. The molecule has 3 aromatic rings. The van der Waals surface area contributed by atoms with E-state index >= 15 is 0 Å². The number of sulfonamides is 1. The molecule has 0 fully saturated rings. The number of nitrogens with one attached hydrogen (secondary N) is 2. The van der Waals surface area contributed by atoms with E-state index in [1.807, 2.05) is 24.3 Å². The fraction of sp³-hybridized carbons (Fsp3) is 0.200. The van der Waals surface area contributed by atoms with Crippen molar-refractivity contribution < 1.29 is 17.5 Å². The molecule has 5 nitrogen and oxygen atoms in total. The standard InChI is InChI=1S/C25H23FN2O3S/c1-31-24-8-3-2-5-21(24)25-20-7-4-6-19(20)22-15-18(13-14-23(22)27-25)32(29,30)28-17-11-9-16(26)10-12-17/h2-6,8-15,19-20,25,27-28H,7H2,1H3/t19-,20+,25-/m0/s1. The third-order valence-corrected chi connectivity index (χ3v) is 7.59. The minimum Gasteiger partial charge on any atom is -0.496 e. The van der Waals surface area contributed by atoms with Crippen molar-refractivity contribution in [1.29, 1.82) is 0 Å². The number of fused-ring (bicyclic) bond motifs is 3. The fourth-order valence-electron chi connectivity index (χ4n) is 4.70. The van der Waals surface area contributed by atoms with Crippen LogP contribution in [0.5, 0.6) is 5.75 Å². The molecular formula is C25H23FN2O3S. The molecule has 0 saturated heterocycles. The van der Waals surface area contributed by atoms with Crippen LogP contribution in [0.4, 0.5) is 15.8 Å². The van der Waals surface area contributed by atoms with Crippen molar-refractivity contribution in [3.63, 3.8) is 0 Å². The minimum atomic E-state index is -3.81. The van der Waals surface area contributed by atoms with Crippen LogP contribution in [-0.4, -0.2) is 15.5 Å². The van der Waals surface area contributed by atoms with E-state index in [0.29, 0.717) is 5.69 Å². The molecule has 32 heavy (non-hydrogen) atoms. The van der Waals surface area contributed by atoms with Gasteiger partial charge in [-0.2, -0.15) is 0 Å². The van der Waals surface area contributed by atoms with Gasteiger partial charge in [0.2, 0.25) is 0 Å². The normalized spacial score (nSPS) is 21.4. The van der Waals surface area contributed by atoms with E-state index in [0.717, 1.165) is 29.0 Å². The highest BCUT2D eigenvalue weighted by Crippen LogP contribution is 2.51. The Morgan fingerprint density at radius 1 is 1.03 bits per heavy atom. The van der Waals surface area contributed by atoms with Gasteiger partial charge in [-0.1, -0.05) is 30.4 Å². The number of ether oxygens (including phenoxy) is 1. The summed E-state index contributed by atoms with van der Waals surface area (Å²) in [5.74, 6) is 0.766. The third kappa shape index (κ3) is 3.62. The summed E-state index contributed by atoms with van der Waals surface area (Å²) in [4.78, 5) is 0.178. The lowest BCUT2D eigenvalue weighted by atomic mass is 9.77. The molecule has 0 spiro atoms. The summed E-state index contributed by atoms with van der Waals surface area (Å²) in [5, 5.41) is 3.62. The van der Waals surface area contributed by atoms with E-state index in [-0.39, 0.29) is 22.8 Å². The monoisotopic (exact) mass is 450 g/mol. The van der Waals surface area contributed by atoms with Crippen LogP contribution in [0.3, 0.4) is 0 Å². The first-order valence-electron chi connectivity index (χ1n) is 10.4. The Balaban J connectivity index is 1.50. The first kappa shape index (κ1) is 20.6. The number of allylic oxidation sites excluding steroid dienone is 2. The van der Waals surface area contributed by atoms with Gasteiger partial charge in [0.05, 0.1) is 18.0 Å². The number of methoxy groups -OCH3 is 1. The number of hydrogen-bond acceptors (Lipinski definition) is 4. The van der Waals surface area contributed by atoms with Crippen LogP contribution in [0.25, 0.3) is 0 Å². The van der Waals surface area contributed by atoms with Gasteiger partial charge >= 0.3 is 0 Å². The maximum Gasteiger partial charge on any atom is 0.261 e. The van der Waals surface area contributed by atoms with Crippen molar-refractivity contribution in [3.8, 4) is 5.75 Å². The van der Waals surface area contributed by atoms with Crippen molar-refractivity contribution in [2.45, 2.75) is 23.3 Å². The minimum absolute atomic E-state index is 0.0541. The van der Waals surface area contributed by atoms with Gasteiger partial charge in [-0.3, -0.25) is 4.72 Å². The van der Waals surface area contributed by atoms with Crippen LogP contribution in [-0.2, 0) is 10.0 Å². The number of rotatable bonds is 5. The Labute approximate surface area is 187 Å². The van der Waals surface area contributed by atoms with E-state index in [9.17, 15) is 12.8 Å². The van der Waals surface area contributed by atoms with Crippen molar-refractivity contribution in [2.75, 3.05) is 17.1 Å². The average Bonchev–Trinajstić information content (AvgIpc) is 3.30. The fourth-order valence-corrected chi connectivity index (χ4v) is 5.80. The Kier molecular flexibility index (Phi) is 5.13. The van der Waals surface area contributed by atoms with Crippen LogP contribution in [0.15, 0.2) is 83.8 Å². The summed E-state index contributed by atoms with van der Waals surface area (Å²) in [6.07, 6.45) is 5.22. The third-order valence-electron chi connectivity index (χ3n) is 6.21. The molecule has 3 atom stereocenters. The molecule has 0 aromatic heterocycles. The van der Waals surface area contributed by atoms with Crippen molar-refractivity contribution in [3.05, 3.63) is 95.8 Å². The van der Waals surface area contributed by atoms with Gasteiger partial charge in [0, 0.05) is 22.9 Å². The molecule has 2 aliphatic rings. The molecule has 3 aromatic carbocycles. The first-order chi connectivity index (χ1) is 15.5. The Hall–Kier alpha value is -3.32. The molecule has 1 aliphatic carbocycles. The van der Waals surface area contributed by atoms with Gasteiger partial charge in [-0.05, 0) is 66.4 Å². The Morgan fingerprint density at radius 2 is 1.81 bits per heavy atom. The second-order valence-electron chi connectivity index (χ2n) is 8.08. The van der Waals surface area contributed by atoms with Crippen LogP contribution < -0.4 is 14.8 Å². The number of benzene rings is 3. The van der Waals surface area contributed by atoms with Crippen molar-refractivity contribution in [2.24, 2.45) is 5.92 Å². The second kappa shape index (κ2) is 7.98. The maximum absolute atomic E-state index is 13.2. The van der Waals surface area contributed by atoms with Crippen LogP contribution >= 0.6 is 0 Å². The lowest BCUT2D eigenvalue weighted by molar-refractivity contribution is 0.381. The summed E-state index contributed by atoms with van der Waals surface area (Å²) in [6.45, 7) is 0. The molecular weight excluding hydrogens is 427 g/mol. The maximum atomic E-state index is 13.2. The predicted octanol–water partition coefficient (Wildman–Crippen LogP) is 5.46. The molecule has 164 valence electrons.